The predicted octanol–water partition coefficient (Wildman–Crippen LogP) is 6.91. The summed E-state index contributed by atoms with van der Waals surface area (Å²) in [4.78, 5) is 29.8. The quantitative estimate of drug-likeness (QED) is 0.168. The number of carbonyl (C=O) groups excluding carboxylic acids is 2. The van der Waals surface area contributed by atoms with Crippen molar-refractivity contribution in [3.8, 4) is 0 Å². The van der Waals surface area contributed by atoms with Gasteiger partial charge < -0.3 is 10.2 Å². The number of benzene rings is 4. The summed E-state index contributed by atoms with van der Waals surface area (Å²) in [6.45, 7) is 5.61. The van der Waals surface area contributed by atoms with Crippen LogP contribution in [0.1, 0.15) is 30.5 Å². The second kappa shape index (κ2) is 15.4. The van der Waals surface area contributed by atoms with Gasteiger partial charge in [0.1, 0.15) is 12.6 Å². The minimum atomic E-state index is -4.23. The van der Waals surface area contributed by atoms with Crippen LogP contribution in [0.25, 0.3) is 0 Å². The van der Waals surface area contributed by atoms with Gasteiger partial charge in [-0.2, -0.15) is 0 Å². The van der Waals surface area contributed by atoms with E-state index < -0.39 is 28.5 Å². The molecule has 0 heterocycles. The number of nitrogens with one attached hydrogen (secondary N) is 1. The van der Waals surface area contributed by atoms with Crippen molar-refractivity contribution >= 4 is 50.7 Å². The summed E-state index contributed by atoms with van der Waals surface area (Å²) in [5.41, 5.74) is 2.49. The topological polar surface area (TPSA) is 86.8 Å². The maximum atomic E-state index is 14.5. The Kier molecular flexibility index (Phi) is 11.7. The molecule has 1 N–H and O–H groups in total. The molecule has 0 saturated heterocycles. The molecule has 4 aromatic rings. The van der Waals surface area contributed by atoms with E-state index in [0.29, 0.717) is 33.4 Å². The molecule has 0 aliphatic heterocycles. The van der Waals surface area contributed by atoms with Crippen LogP contribution in [0.2, 0.25) is 10.0 Å². The van der Waals surface area contributed by atoms with Crippen LogP contribution in [0, 0.1) is 12.8 Å². The van der Waals surface area contributed by atoms with Crippen LogP contribution < -0.4 is 9.62 Å². The molecule has 0 aliphatic carbocycles. The van der Waals surface area contributed by atoms with Gasteiger partial charge in [0.05, 0.1) is 10.6 Å². The summed E-state index contributed by atoms with van der Waals surface area (Å²) in [6, 6.07) is 28.3. The molecule has 0 radical (unpaired) electrons. The lowest BCUT2D eigenvalue weighted by Crippen LogP contribution is -2.53. The van der Waals surface area contributed by atoms with Crippen LogP contribution in [0.5, 0.6) is 0 Å². The molecule has 45 heavy (non-hydrogen) atoms. The molecular weight excluding hydrogens is 629 g/mol. The first-order chi connectivity index (χ1) is 21.5. The van der Waals surface area contributed by atoms with E-state index in [-0.39, 0.29) is 29.7 Å². The number of para-hydroxylation sites is 1. The van der Waals surface area contributed by atoms with E-state index in [9.17, 15) is 18.0 Å². The normalized spacial score (nSPS) is 12.0. The van der Waals surface area contributed by atoms with E-state index >= 15 is 0 Å². The molecule has 10 heteroatoms. The number of aryl methyl sites for hydroxylation is 1. The zero-order chi connectivity index (χ0) is 32.6. The van der Waals surface area contributed by atoms with E-state index in [1.54, 1.807) is 55.5 Å². The number of hydrogen-bond acceptors (Lipinski definition) is 4. The highest BCUT2D eigenvalue weighted by molar-refractivity contribution is 7.92. The summed E-state index contributed by atoms with van der Waals surface area (Å²) >= 11 is 12.6. The zero-order valence-electron chi connectivity index (χ0n) is 25.5. The summed E-state index contributed by atoms with van der Waals surface area (Å²) in [5.74, 6) is -0.715. The Balaban J connectivity index is 1.81. The van der Waals surface area contributed by atoms with Gasteiger partial charge in [0.2, 0.25) is 11.8 Å². The van der Waals surface area contributed by atoms with Crippen molar-refractivity contribution in [2.75, 3.05) is 17.4 Å². The lowest BCUT2D eigenvalue weighted by molar-refractivity contribution is -0.140. The molecule has 0 aliphatic rings. The van der Waals surface area contributed by atoms with E-state index in [1.165, 1.54) is 29.2 Å². The first-order valence-electron chi connectivity index (χ1n) is 14.7. The second-order valence-electron chi connectivity index (χ2n) is 11.2. The monoisotopic (exact) mass is 665 g/mol. The highest BCUT2D eigenvalue weighted by Crippen LogP contribution is 2.29. The van der Waals surface area contributed by atoms with Gasteiger partial charge in [-0.05, 0) is 65.9 Å². The molecule has 236 valence electrons. The molecule has 0 unspecified atom stereocenters. The summed E-state index contributed by atoms with van der Waals surface area (Å²) in [5, 5.41) is 3.80. The number of sulfonamides is 1. The van der Waals surface area contributed by atoms with Crippen LogP contribution in [-0.2, 0) is 32.6 Å². The Morgan fingerprint density at radius 3 is 2.09 bits per heavy atom. The van der Waals surface area contributed by atoms with Gasteiger partial charge in [0.15, 0.2) is 0 Å². The highest BCUT2D eigenvalue weighted by Gasteiger charge is 2.35. The number of anilines is 1. The standard InChI is InChI=1S/C35H37Cl2N3O4S/c1-25(2)22-38-35(42)33(21-27-12-5-4-6-13-27)39(23-28-14-8-9-15-31(28)37)34(41)24-40(32-16-10-7-11-26(32)3)45(43,44)30-19-17-29(36)18-20-30/h4-20,25,33H,21-24H2,1-3H3,(H,38,42)/t33-/m0/s1. The zero-order valence-corrected chi connectivity index (χ0v) is 27.8. The van der Waals surface area contributed by atoms with Crippen molar-refractivity contribution in [3.63, 3.8) is 0 Å². The van der Waals surface area contributed by atoms with Gasteiger partial charge in [-0.1, -0.05) is 104 Å². The predicted molar refractivity (Wildman–Crippen MR) is 181 cm³/mol. The Bertz CT molecular complexity index is 1710. The Labute approximate surface area is 275 Å². The van der Waals surface area contributed by atoms with Crippen molar-refractivity contribution in [2.45, 2.75) is 44.7 Å². The first kappa shape index (κ1) is 34.0. The van der Waals surface area contributed by atoms with E-state index in [1.807, 2.05) is 44.2 Å². The third-order valence-corrected chi connectivity index (χ3v) is 9.71. The van der Waals surface area contributed by atoms with Crippen molar-refractivity contribution in [1.82, 2.24) is 10.2 Å². The van der Waals surface area contributed by atoms with Gasteiger partial charge in [0.25, 0.3) is 10.0 Å². The van der Waals surface area contributed by atoms with Crippen molar-refractivity contribution in [2.24, 2.45) is 5.92 Å². The molecule has 7 nitrogen and oxygen atoms in total. The van der Waals surface area contributed by atoms with Crippen molar-refractivity contribution in [3.05, 3.63) is 130 Å². The molecule has 1 atom stereocenters. The number of amides is 2. The molecular formula is C35H37Cl2N3O4S. The van der Waals surface area contributed by atoms with Crippen LogP contribution >= 0.6 is 23.2 Å². The van der Waals surface area contributed by atoms with Crippen LogP contribution in [0.4, 0.5) is 5.69 Å². The summed E-state index contributed by atoms with van der Waals surface area (Å²) in [6.07, 6.45) is 0.218. The third-order valence-electron chi connectivity index (χ3n) is 7.32. The van der Waals surface area contributed by atoms with Gasteiger partial charge in [-0.3, -0.25) is 13.9 Å². The van der Waals surface area contributed by atoms with E-state index in [2.05, 4.69) is 5.32 Å². The van der Waals surface area contributed by atoms with Gasteiger partial charge in [-0.25, -0.2) is 8.42 Å². The number of nitrogens with zero attached hydrogens (tertiary/aromatic N) is 2. The maximum absolute atomic E-state index is 14.5. The van der Waals surface area contributed by atoms with Crippen molar-refractivity contribution < 1.29 is 18.0 Å². The SMILES string of the molecule is Cc1ccccc1N(CC(=O)N(Cc1ccccc1Cl)[C@@H](Cc1ccccc1)C(=O)NCC(C)C)S(=O)(=O)c1ccc(Cl)cc1. The fourth-order valence-corrected chi connectivity index (χ4v) is 6.68. The lowest BCUT2D eigenvalue weighted by atomic mass is 10.0. The molecule has 0 fully saturated rings. The average molecular weight is 667 g/mol. The number of halogens is 2. The maximum Gasteiger partial charge on any atom is 0.264 e. The minimum absolute atomic E-state index is 0.00624. The van der Waals surface area contributed by atoms with Crippen LogP contribution in [0.15, 0.2) is 108 Å². The highest BCUT2D eigenvalue weighted by atomic mass is 35.5. The molecule has 0 spiro atoms. The molecule has 0 bridgehead atoms. The molecule has 4 rings (SSSR count). The molecule has 2 amide bonds. The Hall–Kier alpha value is -3.85. The number of carbonyl (C=O) groups is 2. The summed E-state index contributed by atoms with van der Waals surface area (Å²) in [7, 11) is -4.23. The van der Waals surface area contributed by atoms with Gasteiger partial charge in [0, 0.05) is 29.6 Å². The molecule has 4 aromatic carbocycles. The minimum Gasteiger partial charge on any atom is -0.354 e. The second-order valence-corrected chi connectivity index (χ2v) is 13.9. The number of hydrogen-bond donors (Lipinski definition) is 1. The fourth-order valence-electron chi connectivity index (χ4n) is 4.88. The van der Waals surface area contributed by atoms with E-state index in [4.69, 9.17) is 23.2 Å². The smallest absolute Gasteiger partial charge is 0.264 e. The average Bonchev–Trinajstić information content (AvgIpc) is 3.02. The van der Waals surface area contributed by atoms with E-state index in [0.717, 1.165) is 9.87 Å². The largest absolute Gasteiger partial charge is 0.354 e. The lowest BCUT2D eigenvalue weighted by Gasteiger charge is -2.34. The first-order valence-corrected chi connectivity index (χ1v) is 16.9. The van der Waals surface area contributed by atoms with Gasteiger partial charge >= 0.3 is 0 Å². The van der Waals surface area contributed by atoms with Gasteiger partial charge in [-0.15, -0.1) is 0 Å². The Morgan fingerprint density at radius 1 is 0.822 bits per heavy atom. The number of rotatable bonds is 13. The van der Waals surface area contributed by atoms with Crippen molar-refractivity contribution in [1.29, 1.82) is 0 Å². The molecule has 0 aromatic heterocycles. The Morgan fingerprint density at radius 2 is 1.44 bits per heavy atom. The summed E-state index contributed by atoms with van der Waals surface area (Å²) < 4.78 is 29.4. The molecule has 0 saturated carbocycles. The van der Waals surface area contributed by atoms with Crippen LogP contribution in [0.3, 0.4) is 0 Å². The fraction of sp³-hybridized carbons (Fsp3) is 0.257. The van der Waals surface area contributed by atoms with Crippen LogP contribution in [-0.4, -0.2) is 44.3 Å². The third kappa shape index (κ3) is 8.87.